The van der Waals surface area contributed by atoms with Gasteiger partial charge in [-0.1, -0.05) is 12.1 Å². The predicted octanol–water partition coefficient (Wildman–Crippen LogP) is 3.20. The Hall–Kier alpha value is -3.65. The van der Waals surface area contributed by atoms with Crippen molar-refractivity contribution in [3.8, 4) is 5.75 Å². The first-order valence-electron chi connectivity index (χ1n) is 9.96. The Labute approximate surface area is 179 Å². The minimum absolute atomic E-state index is 0.183. The van der Waals surface area contributed by atoms with E-state index < -0.39 is 10.9 Å². The van der Waals surface area contributed by atoms with Crippen molar-refractivity contribution in [3.05, 3.63) is 74.8 Å². The molecule has 0 amide bonds. The fourth-order valence-corrected chi connectivity index (χ4v) is 3.51. The van der Waals surface area contributed by atoms with E-state index >= 15 is 0 Å². The lowest BCUT2D eigenvalue weighted by molar-refractivity contribution is 0.188. The van der Waals surface area contributed by atoms with E-state index in [9.17, 15) is 9.59 Å². The van der Waals surface area contributed by atoms with Crippen LogP contribution in [0.1, 0.15) is 18.5 Å². The van der Waals surface area contributed by atoms with Crippen molar-refractivity contribution in [1.29, 1.82) is 0 Å². The zero-order valence-corrected chi connectivity index (χ0v) is 17.6. The van der Waals surface area contributed by atoms with Crippen molar-refractivity contribution in [2.45, 2.75) is 19.5 Å². The number of hydrogen-bond acceptors (Lipinski definition) is 7. The maximum atomic E-state index is 12.3. The molecule has 2 N–H and O–H groups in total. The molecule has 31 heavy (non-hydrogen) atoms. The number of hydrogen-bond donors (Lipinski definition) is 2. The van der Waals surface area contributed by atoms with Crippen molar-refractivity contribution >= 4 is 28.1 Å². The summed E-state index contributed by atoms with van der Waals surface area (Å²) in [5.74, 6) is 0.730. The molecule has 0 spiro atoms. The van der Waals surface area contributed by atoms with E-state index in [0.717, 1.165) is 22.3 Å². The van der Waals surface area contributed by atoms with Gasteiger partial charge in [0.15, 0.2) is 0 Å². The van der Waals surface area contributed by atoms with Crippen LogP contribution < -0.4 is 26.2 Å². The van der Waals surface area contributed by atoms with Gasteiger partial charge in [-0.05, 0) is 42.8 Å². The van der Waals surface area contributed by atoms with Gasteiger partial charge in [0, 0.05) is 25.4 Å². The SMILES string of the molecule is COCCn1cnc2ccc(Nc3c(N[C@H](C)c4cccc(OC)c4)c(=O)c3=O)cc21. The summed E-state index contributed by atoms with van der Waals surface area (Å²) in [4.78, 5) is 28.9. The van der Waals surface area contributed by atoms with Gasteiger partial charge in [-0.3, -0.25) is 9.59 Å². The second-order valence-electron chi connectivity index (χ2n) is 7.31. The largest absolute Gasteiger partial charge is 0.497 e. The number of nitrogens with one attached hydrogen (secondary N) is 2. The van der Waals surface area contributed by atoms with Crippen molar-refractivity contribution < 1.29 is 9.47 Å². The molecule has 4 rings (SSSR count). The lowest BCUT2D eigenvalue weighted by Crippen LogP contribution is -2.37. The highest BCUT2D eigenvalue weighted by atomic mass is 16.5. The average Bonchev–Trinajstić information content (AvgIpc) is 3.21. The number of ether oxygens (including phenoxy) is 2. The van der Waals surface area contributed by atoms with Gasteiger partial charge >= 0.3 is 0 Å². The van der Waals surface area contributed by atoms with Crippen LogP contribution in [0.2, 0.25) is 0 Å². The lowest BCUT2D eigenvalue weighted by atomic mass is 10.1. The van der Waals surface area contributed by atoms with Crippen LogP contribution in [0, 0.1) is 0 Å². The molecule has 0 saturated heterocycles. The zero-order chi connectivity index (χ0) is 22.0. The van der Waals surface area contributed by atoms with Gasteiger partial charge in [0.05, 0.1) is 31.1 Å². The molecule has 3 aromatic carbocycles. The van der Waals surface area contributed by atoms with Crippen LogP contribution in [0.3, 0.4) is 0 Å². The van der Waals surface area contributed by atoms with E-state index in [1.807, 2.05) is 54.0 Å². The van der Waals surface area contributed by atoms with Gasteiger partial charge in [-0.25, -0.2) is 4.98 Å². The molecular formula is C23H24N4O4. The van der Waals surface area contributed by atoms with Crippen molar-refractivity contribution in [2.75, 3.05) is 31.5 Å². The number of anilines is 3. The van der Waals surface area contributed by atoms with Crippen molar-refractivity contribution in [3.63, 3.8) is 0 Å². The second-order valence-corrected chi connectivity index (χ2v) is 7.31. The first-order valence-corrected chi connectivity index (χ1v) is 9.96. The summed E-state index contributed by atoms with van der Waals surface area (Å²) in [6, 6.07) is 13.0. The van der Waals surface area contributed by atoms with Gasteiger partial charge in [0.25, 0.3) is 10.9 Å². The van der Waals surface area contributed by atoms with Gasteiger partial charge < -0.3 is 24.7 Å². The first kappa shape index (κ1) is 20.6. The van der Waals surface area contributed by atoms with E-state index in [2.05, 4.69) is 15.6 Å². The van der Waals surface area contributed by atoms with Crippen molar-refractivity contribution in [1.82, 2.24) is 9.55 Å². The van der Waals surface area contributed by atoms with Crippen LogP contribution in [0.4, 0.5) is 17.1 Å². The number of methoxy groups -OCH3 is 2. The highest BCUT2D eigenvalue weighted by Crippen LogP contribution is 2.28. The van der Waals surface area contributed by atoms with E-state index in [-0.39, 0.29) is 17.4 Å². The number of imidazole rings is 1. The molecule has 8 heteroatoms. The third-order valence-electron chi connectivity index (χ3n) is 5.29. The van der Waals surface area contributed by atoms with Crippen LogP contribution in [-0.4, -0.2) is 30.4 Å². The maximum absolute atomic E-state index is 12.3. The van der Waals surface area contributed by atoms with E-state index in [1.54, 1.807) is 20.5 Å². The molecule has 0 aliphatic rings. The smallest absolute Gasteiger partial charge is 0.253 e. The van der Waals surface area contributed by atoms with Crippen LogP contribution in [0.25, 0.3) is 11.0 Å². The minimum atomic E-state index is -0.534. The zero-order valence-electron chi connectivity index (χ0n) is 17.6. The summed E-state index contributed by atoms with van der Waals surface area (Å²) in [5.41, 5.74) is 2.90. The molecule has 0 bridgehead atoms. The number of benzene rings is 2. The molecule has 0 radical (unpaired) electrons. The van der Waals surface area contributed by atoms with Crippen LogP contribution in [0.15, 0.2) is 58.4 Å². The first-order chi connectivity index (χ1) is 15.0. The summed E-state index contributed by atoms with van der Waals surface area (Å²) >= 11 is 0. The molecule has 160 valence electrons. The Kier molecular flexibility index (Phi) is 5.73. The van der Waals surface area contributed by atoms with Gasteiger partial charge in [0.2, 0.25) is 0 Å². The summed E-state index contributed by atoms with van der Waals surface area (Å²) in [6.07, 6.45) is 1.76. The molecular weight excluding hydrogens is 396 g/mol. The molecule has 8 nitrogen and oxygen atoms in total. The van der Waals surface area contributed by atoms with Gasteiger partial charge in [-0.2, -0.15) is 0 Å². The number of rotatable bonds is 9. The number of aromatic nitrogens is 2. The highest BCUT2D eigenvalue weighted by molar-refractivity contribution is 5.84. The van der Waals surface area contributed by atoms with Crippen LogP contribution in [-0.2, 0) is 11.3 Å². The Morgan fingerprint density at radius 3 is 2.65 bits per heavy atom. The molecule has 0 aliphatic carbocycles. The summed E-state index contributed by atoms with van der Waals surface area (Å²) in [7, 11) is 3.26. The fraction of sp³-hybridized carbons (Fsp3) is 0.261. The van der Waals surface area contributed by atoms with Gasteiger partial charge in [-0.15, -0.1) is 0 Å². The van der Waals surface area contributed by atoms with Crippen LogP contribution in [0.5, 0.6) is 5.75 Å². The Morgan fingerprint density at radius 2 is 1.87 bits per heavy atom. The van der Waals surface area contributed by atoms with E-state index in [1.165, 1.54) is 0 Å². The Morgan fingerprint density at radius 1 is 1.06 bits per heavy atom. The molecule has 1 aromatic heterocycles. The van der Waals surface area contributed by atoms with E-state index in [4.69, 9.17) is 9.47 Å². The number of nitrogens with zero attached hydrogens (tertiary/aromatic N) is 2. The Balaban J connectivity index is 1.57. The lowest BCUT2D eigenvalue weighted by Gasteiger charge is -2.20. The highest BCUT2D eigenvalue weighted by Gasteiger charge is 2.23. The molecule has 0 saturated carbocycles. The molecule has 1 atom stereocenters. The standard InChI is InChI=1S/C23H24N4O4/c1-14(15-5-4-6-17(11-15)31-3)25-20-21(23(29)22(20)28)26-16-7-8-18-19(12-16)27(13-24-18)9-10-30-2/h4-8,11-14,25-26H,9-10H2,1-3H3/t14-/m1/s1. The maximum Gasteiger partial charge on any atom is 0.253 e. The summed E-state index contributed by atoms with van der Waals surface area (Å²) in [5, 5.41) is 6.27. The second kappa shape index (κ2) is 8.61. The molecule has 4 aromatic rings. The topological polar surface area (TPSA) is 94.5 Å². The summed E-state index contributed by atoms with van der Waals surface area (Å²) in [6.45, 7) is 3.16. The Bertz CT molecular complexity index is 1290. The minimum Gasteiger partial charge on any atom is -0.497 e. The normalized spacial score (nSPS) is 12.2. The molecule has 0 fully saturated rings. The molecule has 1 heterocycles. The third kappa shape index (κ3) is 4.02. The van der Waals surface area contributed by atoms with Gasteiger partial charge in [0.1, 0.15) is 17.1 Å². The fourth-order valence-electron chi connectivity index (χ4n) is 3.51. The summed E-state index contributed by atoms with van der Waals surface area (Å²) < 4.78 is 12.4. The van der Waals surface area contributed by atoms with Crippen molar-refractivity contribution in [2.24, 2.45) is 0 Å². The monoisotopic (exact) mass is 420 g/mol. The molecule has 0 aliphatic heterocycles. The number of fused-ring (bicyclic) bond motifs is 1. The predicted molar refractivity (Wildman–Crippen MR) is 121 cm³/mol. The molecule has 0 unspecified atom stereocenters. The van der Waals surface area contributed by atoms with Crippen LogP contribution >= 0.6 is 0 Å². The van der Waals surface area contributed by atoms with E-state index in [0.29, 0.717) is 18.8 Å². The third-order valence-corrected chi connectivity index (χ3v) is 5.29. The quantitative estimate of drug-likeness (QED) is 0.402. The average molecular weight is 420 g/mol.